The number of hydrogen-bond acceptors (Lipinski definition) is 5. The second-order valence-electron chi connectivity index (χ2n) is 6.47. The van der Waals surface area contributed by atoms with Gasteiger partial charge in [0, 0.05) is 18.2 Å². The van der Waals surface area contributed by atoms with Crippen LogP contribution >= 0.6 is 0 Å². The molecule has 1 amide bonds. The summed E-state index contributed by atoms with van der Waals surface area (Å²) in [5.74, 6) is 1.10. The molecule has 21 heavy (non-hydrogen) atoms. The van der Waals surface area contributed by atoms with E-state index in [0.717, 1.165) is 13.0 Å². The van der Waals surface area contributed by atoms with Gasteiger partial charge in [-0.15, -0.1) is 0 Å². The Balaban J connectivity index is 2.67. The number of anilines is 1. The molecule has 6 nitrogen and oxygen atoms in total. The van der Waals surface area contributed by atoms with Gasteiger partial charge in [0.05, 0.1) is 0 Å². The highest BCUT2D eigenvalue weighted by Crippen LogP contribution is 2.13. The van der Waals surface area contributed by atoms with Crippen molar-refractivity contribution >= 4 is 11.7 Å². The number of aryl methyl sites for hydroxylation is 1. The van der Waals surface area contributed by atoms with E-state index in [-0.39, 0.29) is 11.4 Å². The molecule has 1 aromatic heterocycles. The number of amides is 1. The van der Waals surface area contributed by atoms with Crippen molar-refractivity contribution in [2.75, 3.05) is 32.5 Å². The number of nitrogens with one attached hydrogen (secondary N) is 2. The molecule has 0 radical (unpaired) electrons. The van der Waals surface area contributed by atoms with Crippen molar-refractivity contribution in [1.82, 2.24) is 20.2 Å². The lowest BCUT2D eigenvalue weighted by Crippen LogP contribution is -2.29. The summed E-state index contributed by atoms with van der Waals surface area (Å²) in [6.07, 6.45) is 0.913. The summed E-state index contributed by atoms with van der Waals surface area (Å²) in [7, 11) is 4.03. The van der Waals surface area contributed by atoms with Gasteiger partial charge in [-0.25, -0.2) is 9.97 Å². The molecule has 6 heteroatoms. The summed E-state index contributed by atoms with van der Waals surface area (Å²) in [5.41, 5.74) is 0.291. The number of carbonyl (C=O) groups is 1. The predicted molar refractivity (Wildman–Crippen MR) is 85.6 cm³/mol. The van der Waals surface area contributed by atoms with Crippen LogP contribution in [0.2, 0.25) is 0 Å². The molecule has 0 aromatic carbocycles. The van der Waals surface area contributed by atoms with Gasteiger partial charge in [-0.3, -0.25) is 4.79 Å². The minimum atomic E-state index is -0.156. The summed E-state index contributed by atoms with van der Waals surface area (Å²) >= 11 is 0. The first-order chi connectivity index (χ1) is 9.67. The van der Waals surface area contributed by atoms with E-state index < -0.39 is 0 Å². The molecule has 0 unspecified atom stereocenters. The summed E-state index contributed by atoms with van der Waals surface area (Å²) in [6.45, 7) is 9.51. The van der Waals surface area contributed by atoms with Crippen molar-refractivity contribution in [2.45, 2.75) is 39.7 Å². The molecule has 0 fully saturated rings. The molecule has 1 rings (SSSR count). The van der Waals surface area contributed by atoms with Crippen LogP contribution in [0.25, 0.3) is 0 Å². The standard InChI is InChI=1S/C15H27N5O/c1-11-17-12(10-13(18-11)19-15(2,3)4)14(21)16-8-7-9-20(5)6/h10H,7-9H2,1-6H3,(H,16,21)(H,17,18,19). The number of hydrogen-bond donors (Lipinski definition) is 2. The summed E-state index contributed by atoms with van der Waals surface area (Å²) in [4.78, 5) is 22.7. The molecule has 1 heterocycles. The average Bonchev–Trinajstić information content (AvgIpc) is 2.31. The zero-order chi connectivity index (χ0) is 16.0. The Morgan fingerprint density at radius 3 is 2.52 bits per heavy atom. The van der Waals surface area contributed by atoms with Crippen LogP contribution in [0, 0.1) is 6.92 Å². The Bertz CT molecular complexity index is 479. The smallest absolute Gasteiger partial charge is 0.270 e. The fraction of sp³-hybridized carbons (Fsp3) is 0.667. The second-order valence-corrected chi connectivity index (χ2v) is 6.47. The Kier molecular flexibility index (Phi) is 6.08. The predicted octanol–water partition coefficient (Wildman–Crippen LogP) is 1.68. The molecule has 0 saturated carbocycles. The molecule has 1 aromatic rings. The third-order valence-electron chi connectivity index (χ3n) is 2.64. The highest BCUT2D eigenvalue weighted by Gasteiger charge is 2.14. The van der Waals surface area contributed by atoms with Crippen molar-refractivity contribution in [3.63, 3.8) is 0 Å². The van der Waals surface area contributed by atoms with Gasteiger partial charge in [-0.05, 0) is 54.8 Å². The molecular weight excluding hydrogens is 266 g/mol. The maximum absolute atomic E-state index is 12.1. The van der Waals surface area contributed by atoms with Gasteiger partial charge >= 0.3 is 0 Å². The van der Waals surface area contributed by atoms with E-state index in [4.69, 9.17) is 0 Å². The van der Waals surface area contributed by atoms with E-state index in [0.29, 0.717) is 23.9 Å². The number of aromatic nitrogens is 2. The first-order valence-corrected chi connectivity index (χ1v) is 7.24. The zero-order valence-corrected chi connectivity index (χ0v) is 13.9. The van der Waals surface area contributed by atoms with Crippen LogP contribution in [0.15, 0.2) is 6.07 Å². The van der Waals surface area contributed by atoms with E-state index in [1.54, 1.807) is 13.0 Å². The van der Waals surface area contributed by atoms with Gasteiger partial charge in [0.25, 0.3) is 5.91 Å². The quantitative estimate of drug-likeness (QED) is 0.781. The number of rotatable bonds is 6. The van der Waals surface area contributed by atoms with Gasteiger partial charge in [-0.1, -0.05) is 0 Å². The molecule has 0 aliphatic heterocycles. The maximum Gasteiger partial charge on any atom is 0.270 e. The third-order valence-corrected chi connectivity index (χ3v) is 2.64. The second kappa shape index (κ2) is 7.36. The van der Waals surface area contributed by atoms with Crippen LogP contribution in [-0.2, 0) is 0 Å². The average molecular weight is 293 g/mol. The monoisotopic (exact) mass is 293 g/mol. The first-order valence-electron chi connectivity index (χ1n) is 7.24. The molecule has 2 N–H and O–H groups in total. The van der Waals surface area contributed by atoms with Crippen LogP contribution in [0.5, 0.6) is 0 Å². The molecule has 0 aliphatic rings. The van der Waals surface area contributed by atoms with E-state index in [1.165, 1.54) is 0 Å². The van der Waals surface area contributed by atoms with Crippen molar-refractivity contribution in [2.24, 2.45) is 0 Å². The first kappa shape index (κ1) is 17.4. The lowest BCUT2D eigenvalue weighted by Gasteiger charge is -2.21. The van der Waals surface area contributed by atoms with Gasteiger partial charge in [0.2, 0.25) is 0 Å². The van der Waals surface area contributed by atoms with Gasteiger partial charge in [0.1, 0.15) is 17.3 Å². The van der Waals surface area contributed by atoms with Crippen molar-refractivity contribution in [3.05, 3.63) is 17.6 Å². The fourth-order valence-electron chi connectivity index (χ4n) is 1.82. The van der Waals surface area contributed by atoms with Crippen molar-refractivity contribution < 1.29 is 4.79 Å². The maximum atomic E-state index is 12.1. The van der Waals surface area contributed by atoms with E-state index in [1.807, 2.05) is 34.9 Å². The minimum absolute atomic E-state index is 0.111. The summed E-state index contributed by atoms with van der Waals surface area (Å²) in [5, 5.41) is 6.15. The number of carbonyl (C=O) groups excluding carboxylic acids is 1. The molecule has 0 atom stereocenters. The lowest BCUT2D eigenvalue weighted by molar-refractivity contribution is 0.0947. The van der Waals surface area contributed by atoms with Gasteiger partial charge in [-0.2, -0.15) is 0 Å². The normalized spacial score (nSPS) is 11.6. The highest BCUT2D eigenvalue weighted by atomic mass is 16.1. The summed E-state index contributed by atoms with van der Waals surface area (Å²) < 4.78 is 0. The van der Waals surface area contributed by atoms with E-state index >= 15 is 0 Å². The van der Waals surface area contributed by atoms with Crippen LogP contribution in [0.3, 0.4) is 0 Å². The third kappa shape index (κ3) is 7.04. The number of nitrogens with zero attached hydrogens (tertiary/aromatic N) is 3. The van der Waals surface area contributed by atoms with Crippen molar-refractivity contribution in [1.29, 1.82) is 0 Å². The van der Waals surface area contributed by atoms with E-state index in [2.05, 4.69) is 25.5 Å². The van der Waals surface area contributed by atoms with Gasteiger partial charge in [0.15, 0.2) is 0 Å². The molecule has 118 valence electrons. The zero-order valence-electron chi connectivity index (χ0n) is 13.9. The Labute approximate surface area is 127 Å². The summed E-state index contributed by atoms with van der Waals surface area (Å²) in [6, 6.07) is 1.69. The Hall–Kier alpha value is -1.69. The van der Waals surface area contributed by atoms with Crippen LogP contribution in [0.1, 0.15) is 43.5 Å². The fourth-order valence-corrected chi connectivity index (χ4v) is 1.82. The Morgan fingerprint density at radius 2 is 1.95 bits per heavy atom. The lowest BCUT2D eigenvalue weighted by atomic mass is 10.1. The molecule has 0 aliphatic carbocycles. The topological polar surface area (TPSA) is 70.2 Å². The molecule has 0 saturated heterocycles. The Morgan fingerprint density at radius 1 is 1.29 bits per heavy atom. The van der Waals surface area contributed by atoms with Crippen molar-refractivity contribution in [3.8, 4) is 0 Å². The SMILES string of the molecule is Cc1nc(NC(C)(C)C)cc(C(=O)NCCCN(C)C)n1. The largest absolute Gasteiger partial charge is 0.365 e. The van der Waals surface area contributed by atoms with Gasteiger partial charge < -0.3 is 15.5 Å². The van der Waals surface area contributed by atoms with Crippen LogP contribution in [-0.4, -0.2) is 53.5 Å². The van der Waals surface area contributed by atoms with Crippen LogP contribution in [0.4, 0.5) is 5.82 Å². The highest BCUT2D eigenvalue weighted by molar-refractivity contribution is 5.92. The minimum Gasteiger partial charge on any atom is -0.365 e. The molecular formula is C15H27N5O. The molecule has 0 bridgehead atoms. The van der Waals surface area contributed by atoms with E-state index in [9.17, 15) is 4.79 Å². The molecule has 0 spiro atoms. The van der Waals surface area contributed by atoms with Crippen LogP contribution < -0.4 is 10.6 Å².